The molecule has 2 nitrogen and oxygen atoms in total. The van der Waals surface area contributed by atoms with Gasteiger partial charge in [0, 0.05) is 6.61 Å². The van der Waals surface area contributed by atoms with E-state index in [4.69, 9.17) is 9.47 Å². The molecular weight excluding hydrogens is 248 g/mol. The molecule has 0 fully saturated rings. The average molecular weight is 286 g/mol. The molecule has 1 unspecified atom stereocenters. The van der Waals surface area contributed by atoms with E-state index in [9.17, 15) is 0 Å². The lowest BCUT2D eigenvalue weighted by Crippen LogP contribution is -2.16. The molecule has 0 rings (SSSR count). The van der Waals surface area contributed by atoms with Crippen molar-refractivity contribution in [1.29, 1.82) is 0 Å². The zero-order valence-corrected chi connectivity index (χ0v) is 14.3. The normalized spacial score (nSPS) is 12.8. The summed E-state index contributed by atoms with van der Waals surface area (Å²) in [6.45, 7) is 8.87. The van der Waals surface area contributed by atoms with Gasteiger partial charge in [-0.15, -0.1) is 0 Å². The van der Waals surface area contributed by atoms with Gasteiger partial charge in [-0.3, -0.25) is 0 Å². The lowest BCUT2D eigenvalue weighted by Gasteiger charge is -2.17. The van der Waals surface area contributed by atoms with Crippen LogP contribution in [0.3, 0.4) is 0 Å². The van der Waals surface area contributed by atoms with E-state index in [1.165, 1.54) is 70.6 Å². The summed E-state index contributed by atoms with van der Waals surface area (Å²) in [6, 6.07) is 0. The van der Waals surface area contributed by atoms with Gasteiger partial charge >= 0.3 is 0 Å². The van der Waals surface area contributed by atoms with E-state index in [0.717, 1.165) is 19.8 Å². The first-order valence-corrected chi connectivity index (χ1v) is 9.04. The van der Waals surface area contributed by atoms with Crippen LogP contribution in [-0.4, -0.2) is 25.9 Å². The van der Waals surface area contributed by atoms with Crippen molar-refractivity contribution in [2.75, 3.05) is 19.8 Å². The molecule has 0 aliphatic carbocycles. The molecular formula is C18H38O2. The molecule has 0 aromatic rings. The molecule has 0 spiro atoms. The first kappa shape index (κ1) is 19.9. The summed E-state index contributed by atoms with van der Waals surface area (Å²) in [5.74, 6) is 0. The van der Waals surface area contributed by atoms with E-state index < -0.39 is 0 Å². The van der Waals surface area contributed by atoms with E-state index in [2.05, 4.69) is 13.8 Å². The Morgan fingerprint density at radius 2 is 1.25 bits per heavy atom. The van der Waals surface area contributed by atoms with Gasteiger partial charge in [-0.05, 0) is 19.8 Å². The van der Waals surface area contributed by atoms with Crippen LogP contribution in [0, 0.1) is 0 Å². The molecule has 122 valence electrons. The van der Waals surface area contributed by atoms with E-state index >= 15 is 0 Å². The summed E-state index contributed by atoms with van der Waals surface area (Å²) in [6.07, 6.45) is 15.2. The van der Waals surface area contributed by atoms with E-state index in [0.29, 0.717) is 6.10 Å². The number of rotatable bonds is 16. The van der Waals surface area contributed by atoms with Crippen LogP contribution in [0.15, 0.2) is 0 Å². The van der Waals surface area contributed by atoms with Crippen LogP contribution in [0.2, 0.25) is 0 Å². The Hall–Kier alpha value is -0.0800. The molecule has 0 amide bonds. The molecule has 0 N–H and O–H groups in total. The second-order valence-electron chi connectivity index (χ2n) is 5.74. The standard InChI is InChI=1S/C18H38O2/c1-4-7-9-10-11-12-13-15-18(14-8-5-2)20-17-16-19-6-3/h18H,4-17H2,1-3H3. The van der Waals surface area contributed by atoms with Crippen molar-refractivity contribution >= 4 is 0 Å². The lowest BCUT2D eigenvalue weighted by molar-refractivity contribution is -0.00148. The van der Waals surface area contributed by atoms with Crippen molar-refractivity contribution in [3.05, 3.63) is 0 Å². The highest BCUT2D eigenvalue weighted by Crippen LogP contribution is 2.15. The van der Waals surface area contributed by atoms with Gasteiger partial charge in [-0.1, -0.05) is 71.6 Å². The molecule has 0 aliphatic heterocycles. The fourth-order valence-electron chi connectivity index (χ4n) is 2.49. The SMILES string of the molecule is CCCCCCCCCC(CCCC)OCCOCC. The third-order valence-corrected chi connectivity index (χ3v) is 3.79. The largest absolute Gasteiger partial charge is 0.379 e. The summed E-state index contributed by atoms with van der Waals surface area (Å²) in [7, 11) is 0. The van der Waals surface area contributed by atoms with Crippen LogP contribution in [0.25, 0.3) is 0 Å². The van der Waals surface area contributed by atoms with Crippen molar-refractivity contribution in [3.8, 4) is 0 Å². The van der Waals surface area contributed by atoms with Crippen LogP contribution < -0.4 is 0 Å². The average Bonchev–Trinajstić information content (AvgIpc) is 2.47. The third kappa shape index (κ3) is 14.3. The third-order valence-electron chi connectivity index (χ3n) is 3.79. The van der Waals surface area contributed by atoms with Crippen molar-refractivity contribution in [1.82, 2.24) is 0 Å². The molecule has 0 aromatic heterocycles. The minimum absolute atomic E-state index is 0.464. The van der Waals surface area contributed by atoms with Crippen LogP contribution in [0.1, 0.15) is 91.4 Å². The summed E-state index contributed by atoms with van der Waals surface area (Å²) in [5, 5.41) is 0. The monoisotopic (exact) mass is 286 g/mol. The minimum atomic E-state index is 0.464. The molecule has 2 heteroatoms. The summed E-state index contributed by atoms with van der Waals surface area (Å²) in [5.41, 5.74) is 0. The summed E-state index contributed by atoms with van der Waals surface area (Å²) >= 11 is 0. The van der Waals surface area contributed by atoms with Crippen molar-refractivity contribution < 1.29 is 9.47 Å². The fraction of sp³-hybridized carbons (Fsp3) is 1.00. The van der Waals surface area contributed by atoms with E-state index in [1.807, 2.05) is 6.92 Å². The first-order valence-electron chi connectivity index (χ1n) is 9.04. The van der Waals surface area contributed by atoms with Gasteiger partial charge in [0.15, 0.2) is 0 Å². The number of unbranched alkanes of at least 4 members (excludes halogenated alkanes) is 7. The highest BCUT2D eigenvalue weighted by molar-refractivity contribution is 4.59. The fourth-order valence-corrected chi connectivity index (χ4v) is 2.49. The molecule has 20 heavy (non-hydrogen) atoms. The minimum Gasteiger partial charge on any atom is -0.379 e. The number of hydrogen-bond donors (Lipinski definition) is 0. The van der Waals surface area contributed by atoms with Crippen LogP contribution in [0.5, 0.6) is 0 Å². The van der Waals surface area contributed by atoms with Gasteiger partial charge in [-0.25, -0.2) is 0 Å². The molecule has 0 radical (unpaired) electrons. The predicted molar refractivity (Wildman–Crippen MR) is 88.4 cm³/mol. The van der Waals surface area contributed by atoms with Crippen LogP contribution >= 0.6 is 0 Å². The van der Waals surface area contributed by atoms with Crippen molar-refractivity contribution in [2.45, 2.75) is 97.5 Å². The molecule has 0 aliphatic rings. The van der Waals surface area contributed by atoms with Crippen LogP contribution in [-0.2, 0) is 9.47 Å². The quantitative estimate of drug-likeness (QED) is 0.337. The Morgan fingerprint density at radius 1 is 0.650 bits per heavy atom. The van der Waals surface area contributed by atoms with Crippen molar-refractivity contribution in [2.24, 2.45) is 0 Å². The topological polar surface area (TPSA) is 18.5 Å². The second-order valence-corrected chi connectivity index (χ2v) is 5.74. The Morgan fingerprint density at radius 3 is 1.90 bits per heavy atom. The maximum atomic E-state index is 5.97. The highest BCUT2D eigenvalue weighted by atomic mass is 16.5. The second kappa shape index (κ2) is 17.0. The Bertz CT molecular complexity index is 171. The van der Waals surface area contributed by atoms with E-state index in [1.54, 1.807) is 0 Å². The number of ether oxygens (including phenoxy) is 2. The Kier molecular flexibility index (Phi) is 16.9. The molecule has 0 bridgehead atoms. The first-order chi connectivity index (χ1) is 9.85. The highest BCUT2D eigenvalue weighted by Gasteiger charge is 2.08. The number of hydrogen-bond acceptors (Lipinski definition) is 2. The maximum Gasteiger partial charge on any atom is 0.0704 e. The Balaban J connectivity index is 3.53. The molecule has 0 saturated heterocycles. The van der Waals surface area contributed by atoms with Gasteiger partial charge in [0.2, 0.25) is 0 Å². The zero-order chi connectivity index (χ0) is 14.9. The Labute approximate surface area is 127 Å². The van der Waals surface area contributed by atoms with Gasteiger partial charge in [-0.2, -0.15) is 0 Å². The molecule has 0 heterocycles. The maximum absolute atomic E-state index is 5.97. The predicted octanol–water partition coefficient (Wildman–Crippen LogP) is 5.74. The lowest BCUT2D eigenvalue weighted by atomic mass is 10.0. The smallest absolute Gasteiger partial charge is 0.0704 e. The van der Waals surface area contributed by atoms with Gasteiger partial charge in [0.25, 0.3) is 0 Å². The van der Waals surface area contributed by atoms with Crippen molar-refractivity contribution in [3.63, 3.8) is 0 Å². The van der Waals surface area contributed by atoms with Gasteiger partial charge in [0.1, 0.15) is 0 Å². The molecule has 0 aromatic carbocycles. The zero-order valence-electron chi connectivity index (χ0n) is 14.3. The molecule has 0 saturated carbocycles. The van der Waals surface area contributed by atoms with Gasteiger partial charge in [0.05, 0.1) is 19.3 Å². The summed E-state index contributed by atoms with van der Waals surface area (Å²) < 4.78 is 11.3. The van der Waals surface area contributed by atoms with E-state index in [-0.39, 0.29) is 0 Å². The molecule has 1 atom stereocenters. The van der Waals surface area contributed by atoms with Gasteiger partial charge < -0.3 is 9.47 Å². The van der Waals surface area contributed by atoms with Crippen LogP contribution in [0.4, 0.5) is 0 Å². The summed E-state index contributed by atoms with van der Waals surface area (Å²) in [4.78, 5) is 0.